The first-order valence-corrected chi connectivity index (χ1v) is 9.90. The maximum absolute atomic E-state index is 12.7. The highest BCUT2D eigenvalue weighted by Gasteiger charge is 2.30. The van der Waals surface area contributed by atoms with Crippen LogP contribution in [-0.2, 0) is 4.79 Å². The first kappa shape index (κ1) is 18.3. The van der Waals surface area contributed by atoms with Gasteiger partial charge in [0.05, 0.1) is 10.6 Å². The van der Waals surface area contributed by atoms with Crippen LogP contribution in [0.3, 0.4) is 0 Å². The number of carbonyl (C=O) groups excluding carboxylic acids is 1. The van der Waals surface area contributed by atoms with Gasteiger partial charge in [-0.05, 0) is 59.7 Å². The number of nitrogens with zero attached hydrogens (tertiary/aromatic N) is 2. The third-order valence-corrected chi connectivity index (χ3v) is 5.61. The van der Waals surface area contributed by atoms with Gasteiger partial charge in [-0.15, -0.1) is 0 Å². The number of hydrogen-bond acceptors (Lipinski definition) is 3. The van der Waals surface area contributed by atoms with Crippen molar-refractivity contribution in [1.82, 2.24) is 4.90 Å². The zero-order valence-corrected chi connectivity index (χ0v) is 16.6. The maximum atomic E-state index is 12.7. The molecule has 3 aromatic carbocycles. The number of aliphatic imine (C=N–C) groups is 1. The molecule has 0 saturated carbocycles. The monoisotopic (exact) mass is 384 g/mol. The Hall–Kier alpha value is -3.11. The van der Waals surface area contributed by atoms with Crippen molar-refractivity contribution in [2.75, 3.05) is 7.05 Å². The molecule has 0 aliphatic carbocycles. The van der Waals surface area contributed by atoms with E-state index in [4.69, 9.17) is 0 Å². The van der Waals surface area contributed by atoms with Gasteiger partial charge in [-0.25, -0.2) is 4.99 Å². The predicted molar refractivity (Wildman–Crippen MR) is 118 cm³/mol. The molecule has 3 nitrogen and oxygen atoms in total. The number of benzene rings is 3. The lowest BCUT2D eigenvalue weighted by Gasteiger charge is -2.07. The summed E-state index contributed by atoms with van der Waals surface area (Å²) in [6.45, 7) is 2.08. The SMILES string of the molecule is Cc1ccc(-c2cccc(/C=C3\S/C(=N/c4ccccc4)N(C)C3=O)c2)cc1. The standard InChI is InChI=1S/C24H20N2OS/c1-17-11-13-19(14-12-17)20-8-6-7-18(15-20)16-22-23(27)26(2)24(28-22)25-21-9-4-3-5-10-21/h3-16H,1-2H3/b22-16-,25-24+. The predicted octanol–water partition coefficient (Wildman–Crippen LogP) is 5.90. The van der Waals surface area contributed by atoms with Crippen molar-refractivity contribution in [2.24, 2.45) is 4.99 Å². The second-order valence-electron chi connectivity index (χ2n) is 6.70. The summed E-state index contributed by atoms with van der Waals surface area (Å²) in [6, 6.07) is 26.4. The van der Waals surface area contributed by atoms with E-state index in [-0.39, 0.29) is 5.91 Å². The van der Waals surface area contributed by atoms with Gasteiger partial charge < -0.3 is 0 Å². The van der Waals surface area contributed by atoms with Gasteiger partial charge in [-0.3, -0.25) is 9.69 Å². The first-order valence-electron chi connectivity index (χ1n) is 9.08. The van der Waals surface area contributed by atoms with Gasteiger partial charge in [-0.1, -0.05) is 66.2 Å². The second-order valence-corrected chi connectivity index (χ2v) is 7.71. The summed E-state index contributed by atoms with van der Waals surface area (Å²) in [5, 5.41) is 0.692. The van der Waals surface area contributed by atoms with Crippen LogP contribution in [-0.4, -0.2) is 23.0 Å². The van der Waals surface area contributed by atoms with E-state index < -0.39 is 0 Å². The topological polar surface area (TPSA) is 32.7 Å². The van der Waals surface area contributed by atoms with Crippen LogP contribution in [0, 0.1) is 6.92 Å². The van der Waals surface area contributed by atoms with Crippen molar-refractivity contribution in [1.29, 1.82) is 0 Å². The van der Waals surface area contributed by atoms with E-state index >= 15 is 0 Å². The van der Waals surface area contributed by atoms with Crippen LogP contribution in [0.4, 0.5) is 5.69 Å². The molecular formula is C24H20N2OS. The Balaban J connectivity index is 1.62. The number of amidine groups is 1. The van der Waals surface area contributed by atoms with Crippen LogP contribution >= 0.6 is 11.8 Å². The molecule has 0 aromatic heterocycles. The average Bonchev–Trinajstić information content (AvgIpc) is 2.97. The number of amides is 1. The van der Waals surface area contributed by atoms with Gasteiger partial charge in [0.15, 0.2) is 5.17 Å². The lowest BCUT2D eigenvalue weighted by Crippen LogP contribution is -2.23. The minimum atomic E-state index is -0.0274. The summed E-state index contributed by atoms with van der Waals surface area (Å²) in [5.74, 6) is -0.0274. The number of likely N-dealkylation sites (N-methyl/N-ethyl adjacent to an activating group) is 1. The fourth-order valence-corrected chi connectivity index (χ4v) is 3.96. The summed E-state index contributed by atoms with van der Waals surface area (Å²) in [4.78, 5) is 19.5. The summed E-state index contributed by atoms with van der Waals surface area (Å²) >= 11 is 1.41. The molecular weight excluding hydrogens is 364 g/mol. The summed E-state index contributed by atoms with van der Waals surface area (Å²) in [6.07, 6.45) is 1.94. The zero-order chi connectivity index (χ0) is 19.5. The highest BCUT2D eigenvalue weighted by atomic mass is 32.2. The zero-order valence-electron chi connectivity index (χ0n) is 15.8. The van der Waals surface area contributed by atoms with Gasteiger partial charge in [0.2, 0.25) is 0 Å². The molecule has 1 heterocycles. The van der Waals surface area contributed by atoms with E-state index in [0.717, 1.165) is 16.8 Å². The Morgan fingerprint density at radius 2 is 1.64 bits per heavy atom. The Labute approximate surface area is 169 Å². The molecule has 0 spiro atoms. The summed E-state index contributed by atoms with van der Waals surface area (Å²) in [7, 11) is 1.76. The second kappa shape index (κ2) is 7.87. The van der Waals surface area contributed by atoms with Crippen molar-refractivity contribution < 1.29 is 4.79 Å². The molecule has 3 aromatic rings. The smallest absolute Gasteiger partial charge is 0.266 e. The number of para-hydroxylation sites is 1. The average molecular weight is 385 g/mol. The Bertz CT molecular complexity index is 1070. The van der Waals surface area contributed by atoms with Gasteiger partial charge in [-0.2, -0.15) is 0 Å². The molecule has 1 aliphatic rings. The quantitative estimate of drug-likeness (QED) is 0.527. The van der Waals surface area contributed by atoms with E-state index in [0.29, 0.717) is 10.1 Å². The number of aryl methyl sites for hydroxylation is 1. The van der Waals surface area contributed by atoms with Gasteiger partial charge in [0.25, 0.3) is 5.91 Å². The van der Waals surface area contributed by atoms with Crippen LogP contribution in [0.5, 0.6) is 0 Å². The number of thioether (sulfide) groups is 1. The Morgan fingerprint density at radius 1 is 0.893 bits per heavy atom. The molecule has 0 unspecified atom stereocenters. The largest absolute Gasteiger partial charge is 0.290 e. The third kappa shape index (κ3) is 3.92. The molecule has 4 rings (SSSR count). The third-order valence-electron chi connectivity index (χ3n) is 4.55. The van der Waals surface area contributed by atoms with E-state index in [9.17, 15) is 4.79 Å². The van der Waals surface area contributed by atoms with Gasteiger partial charge >= 0.3 is 0 Å². The minimum Gasteiger partial charge on any atom is -0.290 e. The molecule has 1 fully saturated rings. The molecule has 28 heavy (non-hydrogen) atoms. The maximum Gasteiger partial charge on any atom is 0.266 e. The lowest BCUT2D eigenvalue weighted by atomic mass is 10.0. The lowest BCUT2D eigenvalue weighted by molar-refractivity contribution is -0.121. The summed E-state index contributed by atoms with van der Waals surface area (Å²) in [5.41, 5.74) is 5.38. The van der Waals surface area contributed by atoms with E-state index in [2.05, 4.69) is 48.3 Å². The Morgan fingerprint density at radius 3 is 2.39 bits per heavy atom. The van der Waals surface area contributed by atoms with Crippen molar-refractivity contribution in [3.8, 4) is 11.1 Å². The molecule has 4 heteroatoms. The van der Waals surface area contributed by atoms with Crippen molar-refractivity contribution in [3.63, 3.8) is 0 Å². The molecule has 1 amide bonds. The first-order chi connectivity index (χ1) is 13.6. The fourth-order valence-electron chi connectivity index (χ4n) is 2.97. The van der Waals surface area contributed by atoms with Crippen LogP contribution in [0.15, 0.2) is 88.8 Å². The highest BCUT2D eigenvalue weighted by molar-refractivity contribution is 8.18. The molecule has 1 aliphatic heterocycles. The molecule has 0 radical (unpaired) electrons. The van der Waals surface area contributed by atoms with Gasteiger partial charge in [0, 0.05) is 7.05 Å². The molecule has 0 bridgehead atoms. The van der Waals surface area contributed by atoms with E-state index in [1.54, 1.807) is 11.9 Å². The molecule has 0 atom stereocenters. The van der Waals surface area contributed by atoms with E-state index in [1.165, 1.54) is 22.9 Å². The minimum absolute atomic E-state index is 0.0274. The normalized spacial score (nSPS) is 16.9. The molecule has 138 valence electrons. The molecule has 0 N–H and O–H groups in total. The van der Waals surface area contributed by atoms with Crippen molar-refractivity contribution in [3.05, 3.63) is 94.9 Å². The van der Waals surface area contributed by atoms with Crippen LogP contribution in [0.2, 0.25) is 0 Å². The van der Waals surface area contributed by atoms with Crippen LogP contribution in [0.1, 0.15) is 11.1 Å². The van der Waals surface area contributed by atoms with E-state index in [1.807, 2.05) is 48.5 Å². The number of hydrogen-bond donors (Lipinski definition) is 0. The Kier molecular flexibility index (Phi) is 5.13. The molecule has 1 saturated heterocycles. The van der Waals surface area contributed by atoms with Gasteiger partial charge in [0.1, 0.15) is 0 Å². The summed E-state index contributed by atoms with van der Waals surface area (Å²) < 4.78 is 0. The van der Waals surface area contributed by atoms with Crippen LogP contribution < -0.4 is 0 Å². The van der Waals surface area contributed by atoms with Crippen LogP contribution in [0.25, 0.3) is 17.2 Å². The fraction of sp³-hybridized carbons (Fsp3) is 0.0833. The van der Waals surface area contributed by atoms with Crippen molar-refractivity contribution >= 4 is 34.6 Å². The van der Waals surface area contributed by atoms with Crippen molar-refractivity contribution in [2.45, 2.75) is 6.92 Å². The number of rotatable bonds is 3. The highest BCUT2D eigenvalue weighted by Crippen LogP contribution is 2.33. The number of carbonyl (C=O) groups is 1.